The number of rotatable bonds is 6. The van der Waals surface area contributed by atoms with E-state index >= 15 is 0 Å². The van der Waals surface area contributed by atoms with Crippen molar-refractivity contribution in [2.24, 2.45) is 0 Å². The minimum absolute atomic E-state index is 0.174. The summed E-state index contributed by atoms with van der Waals surface area (Å²) in [7, 11) is 0. The number of carbonyl (C=O) groups is 1. The molecule has 0 fully saturated rings. The Balaban J connectivity index is 2.00. The molecular formula is C19H18ClN3O2S. The lowest BCUT2D eigenvalue weighted by Gasteiger charge is -2.10. The van der Waals surface area contributed by atoms with Crippen molar-refractivity contribution in [2.75, 3.05) is 12.4 Å². The highest BCUT2D eigenvalue weighted by Crippen LogP contribution is 2.28. The van der Waals surface area contributed by atoms with Crippen LogP contribution < -0.4 is 0 Å². The van der Waals surface area contributed by atoms with Crippen LogP contribution in [0.2, 0.25) is 5.02 Å². The first-order valence-corrected chi connectivity index (χ1v) is 9.51. The van der Waals surface area contributed by atoms with E-state index in [9.17, 15) is 4.79 Å². The van der Waals surface area contributed by atoms with Crippen molar-refractivity contribution in [1.29, 1.82) is 0 Å². The van der Waals surface area contributed by atoms with Crippen LogP contribution in [0.3, 0.4) is 0 Å². The van der Waals surface area contributed by atoms with Gasteiger partial charge in [0.1, 0.15) is 0 Å². The molecule has 26 heavy (non-hydrogen) atoms. The standard InChI is InChI=1S/C19H18ClN3O2S/c1-3-25-17(24)12-26-19-22-21-18(14-6-4-13(2)5-7-14)23(19)16-10-8-15(20)9-11-16/h4-11H,3,12H2,1-2H3. The van der Waals surface area contributed by atoms with Gasteiger partial charge in [0.2, 0.25) is 0 Å². The summed E-state index contributed by atoms with van der Waals surface area (Å²) in [4.78, 5) is 11.7. The Hall–Kier alpha value is -2.31. The van der Waals surface area contributed by atoms with Crippen LogP contribution in [0, 0.1) is 6.92 Å². The summed E-state index contributed by atoms with van der Waals surface area (Å²) < 4.78 is 6.92. The fourth-order valence-electron chi connectivity index (χ4n) is 2.40. The largest absolute Gasteiger partial charge is 0.465 e. The fraction of sp³-hybridized carbons (Fsp3) is 0.211. The maximum Gasteiger partial charge on any atom is 0.316 e. The van der Waals surface area contributed by atoms with Gasteiger partial charge in [-0.25, -0.2) is 0 Å². The Morgan fingerprint density at radius 3 is 2.46 bits per heavy atom. The van der Waals surface area contributed by atoms with Crippen LogP contribution in [0.1, 0.15) is 12.5 Å². The van der Waals surface area contributed by atoms with E-state index in [-0.39, 0.29) is 11.7 Å². The highest BCUT2D eigenvalue weighted by Gasteiger charge is 2.17. The summed E-state index contributed by atoms with van der Waals surface area (Å²) in [5, 5.41) is 9.90. The molecule has 2 aromatic carbocycles. The number of nitrogens with zero attached hydrogens (tertiary/aromatic N) is 3. The molecular weight excluding hydrogens is 370 g/mol. The van der Waals surface area contributed by atoms with Gasteiger partial charge in [-0.2, -0.15) is 0 Å². The molecule has 0 spiro atoms. The fourth-order valence-corrected chi connectivity index (χ4v) is 3.28. The van der Waals surface area contributed by atoms with Crippen LogP contribution in [0.4, 0.5) is 0 Å². The van der Waals surface area contributed by atoms with Crippen LogP contribution >= 0.6 is 23.4 Å². The molecule has 134 valence electrons. The first-order chi connectivity index (χ1) is 12.6. The lowest BCUT2D eigenvalue weighted by atomic mass is 10.1. The molecule has 5 nitrogen and oxygen atoms in total. The molecule has 0 bridgehead atoms. The molecule has 7 heteroatoms. The van der Waals surface area contributed by atoms with Crippen molar-refractivity contribution in [1.82, 2.24) is 14.8 Å². The molecule has 3 aromatic rings. The van der Waals surface area contributed by atoms with Crippen molar-refractivity contribution in [3.8, 4) is 17.1 Å². The Morgan fingerprint density at radius 1 is 1.12 bits per heavy atom. The Labute approximate surface area is 161 Å². The van der Waals surface area contributed by atoms with Crippen LogP contribution in [-0.2, 0) is 9.53 Å². The monoisotopic (exact) mass is 387 g/mol. The molecule has 0 unspecified atom stereocenters. The van der Waals surface area contributed by atoms with Crippen molar-refractivity contribution >= 4 is 29.3 Å². The topological polar surface area (TPSA) is 57.0 Å². The van der Waals surface area contributed by atoms with Gasteiger partial charge in [-0.05, 0) is 38.1 Å². The Bertz CT molecular complexity index is 892. The SMILES string of the molecule is CCOC(=O)CSc1nnc(-c2ccc(C)cc2)n1-c1ccc(Cl)cc1. The smallest absolute Gasteiger partial charge is 0.316 e. The summed E-state index contributed by atoms with van der Waals surface area (Å²) >= 11 is 7.31. The Morgan fingerprint density at radius 2 is 1.81 bits per heavy atom. The van der Waals surface area contributed by atoms with Crippen LogP contribution in [-0.4, -0.2) is 33.1 Å². The molecule has 0 radical (unpaired) electrons. The first-order valence-electron chi connectivity index (χ1n) is 8.15. The van der Waals surface area contributed by atoms with Crippen LogP contribution in [0.15, 0.2) is 53.7 Å². The molecule has 0 aliphatic heterocycles. The summed E-state index contributed by atoms with van der Waals surface area (Å²) in [6.45, 7) is 4.18. The maximum atomic E-state index is 11.7. The normalized spacial score (nSPS) is 10.7. The molecule has 1 heterocycles. The predicted molar refractivity (Wildman–Crippen MR) is 104 cm³/mol. The molecule has 3 rings (SSSR count). The van der Waals surface area contributed by atoms with Gasteiger partial charge >= 0.3 is 5.97 Å². The number of hydrogen-bond donors (Lipinski definition) is 0. The second-order valence-electron chi connectivity index (χ2n) is 5.58. The van der Waals surface area contributed by atoms with Gasteiger partial charge in [0.25, 0.3) is 0 Å². The number of thioether (sulfide) groups is 1. The van der Waals surface area contributed by atoms with Crippen LogP contribution in [0.5, 0.6) is 0 Å². The third-order valence-electron chi connectivity index (χ3n) is 3.65. The van der Waals surface area contributed by atoms with E-state index in [0.717, 1.165) is 11.3 Å². The van der Waals surface area contributed by atoms with Gasteiger partial charge in [0, 0.05) is 16.3 Å². The first kappa shape index (κ1) is 18.5. The zero-order valence-corrected chi connectivity index (χ0v) is 16.0. The van der Waals surface area contributed by atoms with E-state index in [1.54, 1.807) is 6.92 Å². The number of esters is 1. The highest BCUT2D eigenvalue weighted by atomic mass is 35.5. The highest BCUT2D eigenvalue weighted by molar-refractivity contribution is 7.99. The molecule has 0 amide bonds. The predicted octanol–water partition coefficient (Wildman–Crippen LogP) is 4.55. The second kappa shape index (κ2) is 8.38. The third kappa shape index (κ3) is 4.26. The summed E-state index contributed by atoms with van der Waals surface area (Å²) in [5.41, 5.74) is 2.99. The molecule has 0 aliphatic carbocycles. The molecule has 0 atom stereocenters. The number of hydrogen-bond acceptors (Lipinski definition) is 5. The Kier molecular flexibility index (Phi) is 5.96. The van der Waals surface area contributed by atoms with Gasteiger partial charge in [-0.3, -0.25) is 9.36 Å². The zero-order valence-electron chi connectivity index (χ0n) is 14.5. The van der Waals surface area contributed by atoms with Crippen LogP contribution in [0.25, 0.3) is 17.1 Å². The summed E-state index contributed by atoms with van der Waals surface area (Å²) in [6, 6.07) is 15.5. The van der Waals surface area contributed by atoms with E-state index in [0.29, 0.717) is 22.6 Å². The van der Waals surface area contributed by atoms with Crippen molar-refractivity contribution in [3.05, 3.63) is 59.1 Å². The van der Waals surface area contributed by atoms with Gasteiger partial charge in [-0.15, -0.1) is 10.2 Å². The van der Waals surface area contributed by atoms with Crippen molar-refractivity contribution in [2.45, 2.75) is 19.0 Å². The van der Waals surface area contributed by atoms with Gasteiger partial charge in [-0.1, -0.05) is 53.2 Å². The maximum absolute atomic E-state index is 11.7. The second-order valence-corrected chi connectivity index (χ2v) is 6.96. The minimum Gasteiger partial charge on any atom is -0.465 e. The average Bonchev–Trinajstić information content (AvgIpc) is 3.05. The summed E-state index contributed by atoms with van der Waals surface area (Å²) in [5.74, 6) is 0.603. The van der Waals surface area contributed by atoms with Gasteiger partial charge in [0.15, 0.2) is 11.0 Å². The van der Waals surface area contributed by atoms with Crippen molar-refractivity contribution < 1.29 is 9.53 Å². The number of benzene rings is 2. The quantitative estimate of drug-likeness (QED) is 0.458. The number of carbonyl (C=O) groups excluding carboxylic acids is 1. The van der Waals surface area contributed by atoms with E-state index in [4.69, 9.17) is 16.3 Å². The van der Waals surface area contributed by atoms with E-state index in [2.05, 4.69) is 10.2 Å². The van der Waals surface area contributed by atoms with E-state index < -0.39 is 0 Å². The number of aryl methyl sites for hydroxylation is 1. The molecule has 0 N–H and O–H groups in total. The van der Waals surface area contributed by atoms with E-state index in [1.807, 2.05) is 60.0 Å². The molecule has 0 saturated heterocycles. The summed E-state index contributed by atoms with van der Waals surface area (Å²) in [6.07, 6.45) is 0. The lowest BCUT2D eigenvalue weighted by molar-refractivity contribution is -0.139. The zero-order chi connectivity index (χ0) is 18.5. The lowest BCUT2D eigenvalue weighted by Crippen LogP contribution is -2.08. The minimum atomic E-state index is -0.278. The average molecular weight is 388 g/mol. The van der Waals surface area contributed by atoms with E-state index in [1.165, 1.54) is 17.3 Å². The van der Waals surface area contributed by atoms with Gasteiger partial charge < -0.3 is 4.74 Å². The van der Waals surface area contributed by atoms with Crippen molar-refractivity contribution in [3.63, 3.8) is 0 Å². The number of ether oxygens (including phenoxy) is 1. The number of halogens is 1. The van der Waals surface area contributed by atoms with Gasteiger partial charge in [0.05, 0.1) is 12.4 Å². The molecule has 1 aromatic heterocycles. The molecule has 0 aliphatic rings. The third-order valence-corrected chi connectivity index (χ3v) is 4.81. The molecule has 0 saturated carbocycles. The number of aromatic nitrogens is 3.